The molecule has 2 heterocycles. The maximum Gasteiger partial charge on any atom is 0.239 e. The highest BCUT2D eigenvalue weighted by Gasteiger charge is 2.29. The van der Waals surface area contributed by atoms with E-state index in [0.29, 0.717) is 13.2 Å². The van der Waals surface area contributed by atoms with E-state index in [1.807, 2.05) is 4.90 Å². The van der Waals surface area contributed by atoms with E-state index in [4.69, 9.17) is 4.74 Å². The maximum absolute atomic E-state index is 12.2. The molecule has 2 fully saturated rings. The summed E-state index contributed by atoms with van der Waals surface area (Å²) < 4.78 is 5.27. The fraction of sp³-hybridized carbons (Fsp3) is 0.917. The molecule has 2 saturated heterocycles. The van der Waals surface area contributed by atoms with Crippen molar-refractivity contribution in [2.45, 2.75) is 32.2 Å². The van der Waals surface area contributed by atoms with Crippen molar-refractivity contribution in [1.29, 1.82) is 0 Å². The molecule has 1 N–H and O–H groups in total. The van der Waals surface area contributed by atoms with E-state index in [-0.39, 0.29) is 11.9 Å². The number of hydrogen-bond acceptors (Lipinski definition) is 3. The van der Waals surface area contributed by atoms with Crippen LogP contribution in [-0.2, 0) is 9.53 Å². The Bertz CT molecular complexity index is 239. The molecule has 0 bridgehead atoms. The van der Waals surface area contributed by atoms with Crippen LogP contribution < -0.4 is 5.32 Å². The highest BCUT2D eigenvalue weighted by molar-refractivity contribution is 5.82. The molecule has 0 radical (unpaired) electrons. The smallest absolute Gasteiger partial charge is 0.239 e. The molecule has 0 aromatic heterocycles. The lowest BCUT2D eigenvalue weighted by Gasteiger charge is -2.34. The van der Waals surface area contributed by atoms with Gasteiger partial charge in [0, 0.05) is 13.1 Å². The molecular weight excluding hydrogens is 204 g/mol. The van der Waals surface area contributed by atoms with Crippen LogP contribution in [0.1, 0.15) is 26.2 Å². The molecule has 16 heavy (non-hydrogen) atoms. The molecule has 92 valence electrons. The van der Waals surface area contributed by atoms with Crippen molar-refractivity contribution in [1.82, 2.24) is 10.2 Å². The molecule has 0 aromatic rings. The van der Waals surface area contributed by atoms with Crippen LogP contribution in [0.2, 0.25) is 0 Å². The lowest BCUT2D eigenvalue weighted by Crippen LogP contribution is -2.53. The number of nitrogens with one attached hydrogen (secondary N) is 1. The zero-order valence-electron chi connectivity index (χ0n) is 10.1. The number of carbonyl (C=O) groups excluding carboxylic acids is 1. The third-order valence-corrected chi connectivity index (χ3v) is 3.71. The molecule has 2 aliphatic rings. The molecule has 2 aliphatic heterocycles. The first-order chi connectivity index (χ1) is 7.81. The number of piperidine rings is 1. The maximum atomic E-state index is 12.2. The van der Waals surface area contributed by atoms with Gasteiger partial charge < -0.3 is 15.0 Å². The minimum atomic E-state index is 0.0526. The molecule has 2 unspecified atom stereocenters. The van der Waals surface area contributed by atoms with E-state index < -0.39 is 0 Å². The first kappa shape index (κ1) is 11.9. The highest BCUT2D eigenvalue weighted by atomic mass is 16.5. The summed E-state index contributed by atoms with van der Waals surface area (Å²) in [6.45, 7) is 6.10. The fourth-order valence-corrected chi connectivity index (χ4v) is 2.56. The van der Waals surface area contributed by atoms with Crippen molar-refractivity contribution in [3.05, 3.63) is 0 Å². The van der Waals surface area contributed by atoms with E-state index in [9.17, 15) is 4.79 Å². The summed E-state index contributed by atoms with van der Waals surface area (Å²) in [6, 6.07) is 0.0526. The van der Waals surface area contributed by atoms with Crippen molar-refractivity contribution in [2.75, 3.05) is 32.8 Å². The van der Waals surface area contributed by atoms with Gasteiger partial charge in [-0.05, 0) is 25.3 Å². The second-order valence-corrected chi connectivity index (χ2v) is 4.74. The molecule has 0 spiro atoms. The van der Waals surface area contributed by atoms with Gasteiger partial charge >= 0.3 is 0 Å². The highest BCUT2D eigenvalue weighted by Crippen LogP contribution is 2.20. The van der Waals surface area contributed by atoms with E-state index >= 15 is 0 Å². The van der Waals surface area contributed by atoms with E-state index in [0.717, 1.165) is 32.0 Å². The van der Waals surface area contributed by atoms with Crippen LogP contribution in [0.25, 0.3) is 0 Å². The summed E-state index contributed by atoms with van der Waals surface area (Å²) in [5.74, 6) is 0.998. The van der Waals surface area contributed by atoms with Crippen molar-refractivity contribution in [3.63, 3.8) is 0 Å². The predicted molar refractivity (Wildman–Crippen MR) is 62.2 cm³/mol. The molecular formula is C12H22N2O2. The Balaban J connectivity index is 1.87. The van der Waals surface area contributed by atoms with Gasteiger partial charge in [0.25, 0.3) is 0 Å². The fourth-order valence-electron chi connectivity index (χ4n) is 2.56. The third-order valence-electron chi connectivity index (χ3n) is 3.71. The molecule has 0 saturated carbocycles. The van der Waals surface area contributed by atoms with Crippen LogP contribution in [0.4, 0.5) is 0 Å². The summed E-state index contributed by atoms with van der Waals surface area (Å²) in [6.07, 6.45) is 3.41. The largest absolute Gasteiger partial charge is 0.378 e. The second kappa shape index (κ2) is 5.64. The van der Waals surface area contributed by atoms with Crippen molar-refractivity contribution >= 4 is 5.91 Å². The normalized spacial score (nSPS) is 31.4. The molecule has 0 aromatic carbocycles. The van der Waals surface area contributed by atoms with E-state index in [2.05, 4.69) is 12.2 Å². The standard InChI is InChI=1S/C12H22N2O2/c1-2-10-3-4-13-11(9-10)12(15)14-5-7-16-8-6-14/h10-11,13H,2-9H2,1H3. The van der Waals surface area contributed by atoms with Crippen LogP contribution in [0.15, 0.2) is 0 Å². The number of morpholine rings is 1. The van der Waals surface area contributed by atoms with Crippen molar-refractivity contribution < 1.29 is 9.53 Å². The first-order valence-electron chi connectivity index (χ1n) is 6.41. The summed E-state index contributed by atoms with van der Waals surface area (Å²) in [5.41, 5.74) is 0. The topological polar surface area (TPSA) is 41.6 Å². The third kappa shape index (κ3) is 2.74. The molecule has 4 heteroatoms. The molecule has 2 atom stereocenters. The number of carbonyl (C=O) groups is 1. The average Bonchev–Trinajstić information content (AvgIpc) is 2.39. The van der Waals surface area contributed by atoms with Gasteiger partial charge in [0.15, 0.2) is 0 Å². The number of nitrogens with zero attached hydrogens (tertiary/aromatic N) is 1. The number of amides is 1. The van der Waals surface area contributed by atoms with Gasteiger partial charge in [-0.2, -0.15) is 0 Å². The average molecular weight is 226 g/mol. The zero-order valence-corrected chi connectivity index (χ0v) is 10.1. The molecule has 2 rings (SSSR count). The predicted octanol–water partition coefficient (Wildman–Crippen LogP) is 0.623. The number of rotatable bonds is 2. The Hall–Kier alpha value is -0.610. The summed E-state index contributed by atoms with van der Waals surface area (Å²) in [4.78, 5) is 14.2. The van der Waals surface area contributed by atoms with Gasteiger partial charge in [0.2, 0.25) is 5.91 Å². The van der Waals surface area contributed by atoms with E-state index in [1.165, 1.54) is 12.8 Å². The summed E-state index contributed by atoms with van der Waals surface area (Å²) >= 11 is 0. The van der Waals surface area contributed by atoms with Crippen LogP contribution in [0.3, 0.4) is 0 Å². The summed E-state index contributed by atoms with van der Waals surface area (Å²) in [5, 5.41) is 3.35. The number of ether oxygens (including phenoxy) is 1. The monoisotopic (exact) mass is 226 g/mol. The van der Waals surface area contributed by atoms with Gasteiger partial charge in [-0.3, -0.25) is 4.79 Å². The number of hydrogen-bond donors (Lipinski definition) is 1. The van der Waals surface area contributed by atoms with Crippen LogP contribution >= 0.6 is 0 Å². The van der Waals surface area contributed by atoms with Crippen LogP contribution in [0.5, 0.6) is 0 Å². The zero-order chi connectivity index (χ0) is 11.4. The first-order valence-corrected chi connectivity index (χ1v) is 6.41. The van der Waals surface area contributed by atoms with Crippen molar-refractivity contribution in [3.8, 4) is 0 Å². The molecule has 0 aliphatic carbocycles. The van der Waals surface area contributed by atoms with E-state index in [1.54, 1.807) is 0 Å². The second-order valence-electron chi connectivity index (χ2n) is 4.74. The van der Waals surface area contributed by atoms with Gasteiger partial charge in [-0.1, -0.05) is 13.3 Å². The minimum Gasteiger partial charge on any atom is -0.378 e. The van der Waals surface area contributed by atoms with Crippen molar-refractivity contribution in [2.24, 2.45) is 5.92 Å². The Morgan fingerprint density at radius 2 is 2.19 bits per heavy atom. The van der Waals surface area contributed by atoms with Gasteiger partial charge in [-0.25, -0.2) is 0 Å². The lowest BCUT2D eigenvalue weighted by atomic mass is 9.90. The molecule has 1 amide bonds. The Morgan fingerprint density at radius 3 is 2.88 bits per heavy atom. The Morgan fingerprint density at radius 1 is 1.44 bits per heavy atom. The minimum absolute atomic E-state index is 0.0526. The van der Waals surface area contributed by atoms with Gasteiger partial charge in [0.1, 0.15) is 0 Å². The molecule has 4 nitrogen and oxygen atoms in total. The Labute approximate surface area is 97.3 Å². The van der Waals surface area contributed by atoms with Crippen LogP contribution in [0, 0.1) is 5.92 Å². The Kier molecular flexibility index (Phi) is 4.18. The summed E-state index contributed by atoms with van der Waals surface area (Å²) in [7, 11) is 0. The van der Waals surface area contributed by atoms with Crippen LogP contribution in [-0.4, -0.2) is 49.7 Å². The van der Waals surface area contributed by atoms with Gasteiger partial charge in [-0.15, -0.1) is 0 Å². The quantitative estimate of drug-likeness (QED) is 0.750. The lowest BCUT2D eigenvalue weighted by molar-refractivity contribution is -0.138. The van der Waals surface area contributed by atoms with Gasteiger partial charge in [0.05, 0.1) is 19.3 Å². The SMILES string of the molecule is CCC1CCNC(C(=O)N2CCOCC2)C1.